The van der Waals surface area contributed by atoms with E-state index in [1.54, 1.807) is 10.8 Å². The number of carbonyl (C=O) groups is 1. The van der Waals surface area contributed by atoms with Crippen LogP contribution in [0.1, 0.15) is 76.9 Å². The lowest BCUT2D eigenvalue weighted by Gasteiger charge is -2.28. The number of nitrogens with one attached hydrogen (secondary N) is 1. The number of hydrogen-bond donors (Lipinski definition) is 2. The summed E-state index contributed by atoms with van der Waals surface area (Å²) in [6.07, 6.45) is 3.68. The van der Waals surface area contributed by atoms with Gasteiger partial charge in [0.2, 0.25) is 5.62 Å². The molecule has 6 heteroatoms. The van der Waals surface area contributed by atoms with Crippen LogP contribution in [0.25, 0.3) is 0 Å². The van der Waals surface area contributed by atoms with E-state index >= 15 is 0 Å². The fourth-order valence-electron chi connectivity index (χ4n) is 3.75. The number of phenolic OH excluding ortho intramolecular Hbond substituents is 1. The first-order chi connectivity index (χ1) is 14.3. The standard InChI is InChI=1S/C25H40N4O2/c1-9-27(10-2)11-12-28-13-14-29(23(28)26)17-21(30)18-15-19(24(3,4)5)22(31)20(16-18)25(6,7)8/h13-16,26,31H,9-12,17H2,1-8H3. The SMILES string of the molecule is CCN(CC)CCn1ccn(CC(=O)c2cc(C(C)(C)C)c(O)c(C(C)(C)C)c2)c1=N. The highest BCUT2D eigenvalue weighted by Gasteiger charge is 2.27. The summed E-state index contributed by atoms with van der Waals surface area (Å²) in [4.78, 5) is 15.5. The Kier molecular flexibility index (Phi) is 7.58. The first-order valence-electron chi connectivity index (χ1n) is 11.2. The summed E-state index contributed by atoms with van der Waals surface area (Å²) in [5, 5.41) is 19.4. The number of likely N-dealkylation sites (N-methyl/N-ethyl adjacent to an activating group) is 1. The second kappa shape index (κ2) is 9.43. The van der Waals surface area contributed by atoms with Gasteiger partial charge in [-0.1, -0.05) is 55.4 Å². The van der Waals surface area contributed by atoms with Crippen molar-refractivity contribution in [3.05, 3.63) is 46.8 Å². The Morgan fingerprint density at radius 3 is 1.90 bits per heavy atom. The molecule has 6 nitrogen and oxygen atoms in total. The van der Waals surface area contributed by atoms with E-state index in [9.17, 15) is 9.90 Å². The molecule has 0 saturated carbocycles. The van der Waals surface area contributed by atoms with Crippen LogP contribution < -0.4 is 5.62 Å². The van der Waals surface area contributed by atoms with Gasteiger partial charge in [-0.15, -0.1) is 0 Å². The van der Waals surface area contributed by atoms with Crippen molar-refractivity contribution in [2.45, 2.75) is 79.3 Å². The molecular weight excluding hydrogens is 388 g/mol. The molecule has 0 bridgehead atoms. The zero-order chi connectivity index (χ0) is 23.6. The molecule has 0 saturated heterocycles. The number of benzene rings is 1. The molecule has 0 aliphatic heterocycles. The van der Waals surface area contributed by atoms with Crippen molar-refractivity contribution in [1.29, 1.82) is 5.41 Å². The van der Waals surface area contributed by atoms with Crippen LogP contribution >= 0.6 is 0 Å². The molecule has 0 atom stereocenters. The van der Waals surface area contributed by atoms with Gasteiger partial charge in [0.25, 0.3) is 0 Å². The fourth-order valence-corrected chi connectivity index (χ4v) is 3.75. The maximum absolute atomic E-state index is 13.2. The third-order valence-corrected chi connectivity index (χ3v) is 5.88. The molecule has 0 spiro atoms. The number of phenols is 1. The normalized spacial score (nSPS) is 12.5. The molecule has 2 N–H and O–H groups in total. The Labute approximate surface area is 187 Å². The largest absolute Gasteiger partial charge is 0.507 e. The molecule has 172 valence electrons. The highest BCUT2D eigenvalue weighted by molar-refractivity contribution is 5.96. The summed E-state index contributed by atoms with van der Waals surface area (Å²) in [7, 11) is 0. The second-order valence-corrected chi connectivity index (χ2v) is 10.3. The lowest BCUT2D eigenvalue weighted by Crippen LogP contribution is -2.32. The Bertz CT molecular complexity index is 932. The fraction of sp³-hybridized carbons (Fsp3) is 0.600. The molecule has 0 aliphatic carbocycles. The van der Waals surface area contributed by atoms with E-state index in [2.05, 4.69) is 18.7 Å². The highest BCUT2D eigenvalue weighted by Crippen LogP contribution is 2.39. The average Bonchev–Trinajstić information content (AvgIpc) is 3.00. The first-order valence-corrected chi connectivity index (χ1v) is 11.2. The summed E-state index contributed by atoms with van der Waals surface area (Å²) in [6, 6.07) is 3.63. The van der Waals surface area contributed by atoms with Gasteiger partial charge >= 0.3 is 0 Å². The number of hydrogen-bond acceptors (Lipinski definition) is 4. The number of aromatic nitrogens is 2. The maximum Gasteiger partial charge on any atom is 0.202 e. The minimum absolute atomic E-state index is 0.0593. The predicted molar refractivity (Wildman–Crippen MR) is 126 cm³/mol. The molecule has 0 aliphatic rings. The van der Waals surface area contributed by atoms with Crippen molar-refractivity contribution < 1.29 is 9.90 Å². The zero-order valence-corrected chi connectivity index (χ0v) is 20.5. The monoisotopic (exact) mass is 428 g/mol. The van der Waals surface area contributed by atoms with Crippen LogP contribution in [0.15, 0.2) is 24.5 Å². The predicted octanol–water partition coefficient (Wildman–Crippen LogP) is 4.29. The van der Waals surface area contributed by atoms with Crippen LogP contribution in [0.4, 0.5) is 0 Å². The second-order valence-electron chi connectivity index (χ2n) is 10.3. The van der Waals surface area contributed by atoms with E-state index in [0.29, 0.717) is 11.2 Å². The number of nitrogens with zero attached hydrogens (tertiary/aromatic N) is 3. The number of Topliss-reactive ketones (excluding diaryl/α,β-unsaturated/α-hetero) is 1. The molecular formula is C25H40N4O2. The maximum atomic E-state index is 13.2. The summed E-state index contributed by atoms with van der Waals surface area (Å²) in [5.74, 6) is 0.212. The molecule has 1 aromatic carbocycles. The van der Waals surface area contributed by atoms with Gasteiger partial charge in [-0.25, -0.2) is 0 Å². The quantitative estimate of drug-likeness (QED) is 0.616. The van der Waals surface area contributed by atoms with Crippen LogP contribution in [-0.4, -0.2) is 44.6 Å². The third kappa shape index (κ3) is 5.88. The lowest BCUT2D eigenvalue weighted by atomic mass is 9.78. The minimum Gasteiger partial charge on any atom is -0.507 e. The van der Waals surface area contributed by atoms with Crippen molar-refractivity contribution in [1.82, 2.24) is 14.0 Å². The molecule has 0 fully saturated rings. The van der Waals surface area contributed by atoms with E-state index in [-0.39, 0.29) is 28.9 Å². The van der Waals surface area contributed by atoms with Gasteiger partial charge < -0.3 is 19.1 Å². The van der Waals surface area contributed by atoms with Gasteiger partial charge in [0.1, 0.15) is 5.75 Å². The molecule has 2 rings (SSSR count). The Balaban J connectivity index is 2.33. The number of aromatic hydroxyl groups is 1. The van der Waals surface area contributed by atoms with Crippen LogP contribution in [0.2, 0.25) is 0 Å². The third-order valence-electron chi connectivity index (χ3n) is 5.88. The van der Waals surface area contributed by atoms with Crippen molar-refractivity contribution in [3.63, 3.8) is 0 Å². The summed E-state index contributed by atoms with van der Waals surface area (Å²) in [5.41, 5.74) is 1.87. The zero-order valence-electron chi connectivity index (χ0n) is 20.5. The van der Waals surface area contributed by atoms with Crippen LogP contribution in [-0.2, 0) is 23.9 Å². The number of rotatable bonds is 8. The molecule has 0 unspecified atom stereocenters. The Morgan fingerprint density at radius 2 is 1.45 bits per heavy atom. The van der Waals surface area contributed by atoms with Crippen molar-refractivity contribution in [2.24, 2.45) is 0 Å². The van der Waals surface area contributed by atoms with Gasteiger partial charge in [-0.2, -0.15) is 0 Å². The Hall–Kier alpha value is -2.34. The van der Waals surface area contributed by atoms with E-state index in [1.165, 1.54) is 0 Å². The van der Waals surface area contributed by atoms with Crippen molar-refractivity contribution in [2.75, 3.05) is 19.6 Å². The molecule has 31 heavy (non-hydrogen) atoms. The molecule has 1 aromatic heterocycles. The minimum atomic E-state index is -0.290. The van der Waals surface area contributed by atoms with Gasteiger partial charge in [-0.05, 0) is 36.1 Å². The van der Waals surface area contributed by atoms with Gasteiger partial charge in [0, 0.05) is 42.2 Å². The van der Waals surface area contributed by atoms with Crippen LogP contribution in [0.3, 0.4) is 0 Å². The Morgan fingerprint density at radius 1 is 0.968 bits per heavy atom. The highest BCUT2D eigenvalue weighted by atomic mass is 16.3. The molecule has 2 aromatic rings. The van der Waals surface area contributed by atoms with Gasteiger partial charge in [-0.3, -0.25) is 10.2 Å². The van der Waals surface area contributed by atoms with Crippen molar-refractivity contribution in [3.8, 4) is 5.75 Å². The molecule has 1 heterocycles. The van der Waals surface area contributed by atoms with E-state index in [0.717, 1.165) is 37.3 Å². The number of ketones is 1. The van der Waals surface area contributed by atoms with E-state index in [4.69, 9.17) is 5.41 Å². The van der Waals surface area contributed by atoms with E-state index < -0.39 is 0 Å². The lowest BCUT2D eigenvalue weighted by molar-refractivity contribution is 0.0969. The average molecular weight is 429 g/mol. The smallest absolute Gasteiger partial charge is 0.202 e. The first kappa shape index (κ1) is 24.9. The molecule has 0 radical (unpaired) electrons. The van der Waals surface area contributed by atoms with E-state index in [1.807, 2.05) is 64.4 Å². The summed E-state index contributed by atoms with van der Waals surface area (Å²) < 4.78 is 3.56. The molecule has 0 amide bonds. The topological polar surface area (TPSA) is 74.2 Å². The number of imidazole rings is 1. The van der Waals surface area contributed by atoms with Gasteiger partial charge in [0.15, 0.2) is 5.78 Å². The van der Waals surface area contributed by atoms with Crippen LogP contribution in [0, 0.1) is 5.41 Å². The summed E-state index contributed by atoms with van der Waals surface area (Å²) >= 11 is 0. The van der Waals surface area contributed by atoms with Gasteiger partial charge in [0.05, 0.1) is 6.54 Å². The summed E-state index contributed by atoms with van der Waals surface area (Å²) in [6.45, 7) is 20.2. The number of carbonyl (C=O) groups excluding carboxylic acids is 1. The van der Waals surface area contributed by atoms with Crippen LogP contribution in [0.5, 0.6) is 5.75 Å². The van der Waals surface area contributed by atoms with Crippen molar-refractivity contribution >= 4 is 5.78 Å².